The van der Waals surface area contributed by atoms with E-state index in [0.717, 1.165) is 12.2 Å². The summed E-state index contributed by atoms with van der Waals surface area (Å²) in [6, 6.07) is -2.03. The zero-order chi connectivity index (χ0) is 18.6. The molecule has 0 aromatic carbocycles. The van der Waals surface area contributed by atoms with E-state index in [0.29, 0.717) is 0 Å². The van der Waals surface area contributed by atoms with E-state index < -0.39 is 35.6 Å². The number of allylic oxidation sites excluding steroid dienone is 2. The SMILES string of the molecule is CC(C)[C@@H](NC1=CC(=O)C(N[C@@H](C(=O)O)C(C)C)=CC1=O)C(=O)O. The maximum Gasteiger partial charge on any atom is 0.326 e. The first-order valence-corrected chi connectivity index (χ1v) is 7.55. The highest BCUT2D eigenvalue weighted by atomic mass is 16.4. The van der Waals surface area contributed by atoms with Gasteiger partial charge in [0.25, 0.3) is 0 Å². The molecule has 4 N–H and O–H groups in total. The average molecular weight is 338 g/mol. The predicted molar refractivity (Wildman–Crippen MR) is 85.0 cm³/mol. The molecule has 0 fully saturated rings. The Morgan fingerprint density at radius 1 is 0.792 bits per heavy atom. The van der Waals surface area contributed by atoms with Crippen LogP contribution in [-0.2, 0) is 19.2 Å². The van der Waals surface area contributed by atoms with Gasteiger partial charge in [0.1, 0.15) is 12.1 Å². The highest BCUT2D eigenvalue weighted by Crippen LogP contribution is 2.14. The molecule has 8 heteroatoms. The number of aliphatic carboxylic acids is 2. The fourth-order valence-electron chi connectivity index (χ4n) is 2.15. The maximum absolute atomic E-state index is 12.1. The van der Waals surface area contributed by atoms with Crippen molar-refractivity contribution in [2.75, 3.05) is 0 Å². The second-order valence-corrected chi connectivity index (χ2v) is 6.25. The second kappa shape index (κ2) is 7.76. The van der Waals surface area contributed by atoms with Crippen LogP contribution in [0.3, 0.4) is 0 Å². The Labute approximate surface area is 139 Å². The van der Waals surface area contributed by atoms with Gasteiger partial charge in [-0.2, -0.15) is 0 Å². The number of rotatable bonds is 8. The van der Waals surface area contributed by atoms with Gasteiger partial charge in [-0.3, -0.25) is 9.59 Å². The molecule has 1 rings (SSSR count). The Morgan fingerprint density at radius 2 is 1.08 bits per heavy atom. The molecule has 0 aromatic rings. The second-order valence-electron chi connectivity index (χ2n) is 6.25. The number of hydrogen-bond acceptors (Lipinski definition) is 6. The summed E-state index contributed by atoms with van der Waals surface area (Å²) in [5.74, 6) is -4.04. The number of ketones is 2. The molecule has 0 radical (unpaired) electrons. The Bertz CT molecular complexity index is 564. The van der Waals surface area contributed by atoms with Crippen LogP contribution < -0.4 is 10.6 Å². The molecular formula is C16H22N2O6. The lowest BCUT2D eigenvalue weighted by Gasteiger charge is -2.24. The van der Waals surface area contributed by atoms with Gasteiger partial charge in [0.15, 0.2) is 0 Å². The first-order valence-electron chi connectivity index (χ1n) is 7.55. The van der Waals surface area contributed by atoms with Gasteiger partial charge in [0.2, 0.25) is 11.6 Å². The molecule has 2 atom stereocenters. The van der Waals surface area contributed by atoms with E-state index >= 15 is 0 Å². The van der Waals surface area contributed by atoms with Crippen molar-refractivity contribution in [1.29, 1.82) is 0 Å². The average Bonchev–Trinajstić information content (AvgIpc) is 2.44. The van der Waals surface area contributed by atoms with Crippen LogP contribution in [0.25, 0.3) is 0 Å². The van der Waals surface area contributed by atoms with Crippen molar-refractivity contribution < 1.29 is 29.4 Å². The van der Waals surface area contributed by atoms with Gasteiger partial charge in [0, 0.05) is 12.2 Å². The van der Waals surface area contributed by atoms with E-state index in [4.69, 9.17) is 10.2 Å². The van der Waals surface area contributed by atoms with E-state index in [2.05, 4.69) is 10.6 Å². The summed E-state index contributed by atoms with van der Waals surface area (Å²) in [6.45, 7) is 6.68. The van der Waals surface area contributed by atoms with Crippen molar-refractivity contribution in [2.45, 2.75) is 39.8 Å². The lowest BCUT2D eigenvalue weighted by atomic mass is 9.99. The smallest absolute Gasteiger partial charge is 0.326 e. The number of carboxylic acids is 2. The molecular weight excluding hydrogens is 316 g/mol. The van der Waals surface area contributed by atoms with Gasteiger partial charge in [0.05, 0.1) is 11.4 Å². The van der Waals surface area contributed by atoms with E-state index in [1.807, 2.05) is 0 Å². The summed E-state index contributed by atoms with van der Waals surface area (Å²) in [7, 11) is 0. The van der Waals surface area contributed by atoms with Crippen LogP contribution in [0.2, 0.25) is 0 Å². The van der Waals surface area contributed by atoms with Crippen LogP contribution in [0, 0.1) is 11.8 Å². The van der Waals surface area contributed by atoms with Crippen LogP contribution in [-0.4, -0.2) is 45.8 Å². The Morgan fingerprint density at radius 3 is 1.29 bits per heavy atom. The third kappa shape index (κ3) is 4.68. The van der Waals surface area contributed by atoms with Gasteiger partial charge in [-0.25, -0.2) is 9.59 Å². The van der Waals surface area contributed by atoms with Crippen molar-refractivity contribution in [2.24, 2.45) is 11.8 Å². The highest BCUT2D eigenvalue weighted by molar-refractivity contribution is 6.19. The van der Waals surface area contributed by atoms with Crippen LogP contribution in [0.4, 0.5) is 0 Å². The Balaban J connectivity index is 2.94. The molecule has 0 heterocycles. The molecule has 0 saturated carbocycles. The van der Waals surface area contributed by atoms with E-state index in [-0.39, 0.29) is 23.2 Å². The van der Waals surface area contributed by atoms with E-state index in [1.54, 1.807) is 27.7 Å². The zero-order valence-corrected chi connectivity index (χ0v) is 14.0. The molecule has 1 aliphatic rings. The molecule has 0 aromatic heterocycles. The van der Waals surface area contributed by atoms with Crippen LogP contribution in [0.1, 0.15) is 27.7 Å². The Kier molecular flexibility index (Phi) is 6.27. The lowest BCUT2D eigenvalue weighted by molar-refractivity contribution is -0.141. The molecule has 0 bridgehead atoms. The van der Waals surface area contributed by atoms with Crippen LogP contribution in [0.5, 0.6) is 0 Å². The van der Waals surface area contributed by atoms with Crippen molar-refractivity contribution >= 4 is 23.5 Å². The molecule has 0 spiro atoms. The summed E-state index contributed by atoms with van der Waals surface area (Å²) >= 11 is 0. The number of hydrogen-bond donors (Lipinski definition) is 4. The van der Waals surface area contributed by atoms with Crippen LogP contribution >= 0.6 is 0 Å². The van der Waals surface area contributed by atoms with Gasteiger partial charge in [-0.15, -0.1) is 0 Å². The standard InChI is InChI=1S/C16H22N2O6/c1-7(2)13(15(21)22)17-9-5-12(20)10(6-11(9)19)18-14(8(3)4)16(23)24/h5-8,13-14,17-18H,1-4H3,(H,21,22)(H,23,24)/t13-,14-/m1/s1. The number of carboxylic acid groups (broad SMARTS) is 2. The first kappa shape index (κ1) is 19.4. The third-order valence-corrected chi connectivity index (χ3v) is 3.57. The van der Waals surface area contributed by atoms with Crippen molar-refractivity contribution in [1.82, 2.24) is 10.6 Å². The van der Waals surface area contributed by atoms with Gasteiger partial charge < -0.3 is 20.8 Å². The van der Waals surface area contributed by atoms with Crippen molar-refractivity contribution in [3.63, 3.8) is 0 Å². The van der Waals surface area contributed by atoms with Crippen molar-refractivity contribution in [3.8, 4) is 0 Å². The quantitative estimate of drug-likeness (QED) is 0.465. The fraction of sp³-hybridized carbons (Fsp3) is 0.500. The summed E-state index contributed by atoms with van der Waals surface area (Å²) in [4.78, 5) is 46.6. The topological polar surface area (TPSA) is 133 Å². The maximum atomic E-state index is 12.1. The molecule has 24 heavy (non-hydrogen) atoms. The van der Waals surface area contributed by atoms with Gasteiger partial charge >= 0.3 is 11.9 Å². The molecule has 0 amide bonds. The van der Waals surface area contributed by atoms with Crippen LogP contribution in [0.15, 0.2) is 23.5 Å². The first-order chi connectivity index (χ1) is 11.0. The van der Waals surface area contributed by atoms with Gasteiger partial charge in [-0.1, -0.05) is 27.7 Å². The largest absolute Gasteiger partial charge is 0.480 e. The highest BCUT2D eigenvalue weighted by Gasteiger charge is 2.29. The zero-order valence-electron chi connectivity index (χ0n) is 14.0. The van der Waals surface area contributed by atoms with E-state index in [9.17, 15) is 19.2 Å². The molecule has 132 valence electrons. The minimum Gasteiger partial charge on any atom is -0.480 e. The number of carbonyl (C=O) groups is 4. The third-order valence-electron chi connectivity index (χ3n) is 3.57. The summed E-state index contributed by atoms with van der Waals surface area (Å²) in [5, 5.41) is 23.4. The molecule has 1 aliphatic carbocycles. The minimum atomic E-state index is -1.13. The summed E-state index contributed by atoms with van der Waals surface area (Å²) < 4.78 is 0. The number of nitrogens with one attached hydrogen (secondary N) is 2. The Hall–Kier alpha value is -2.64. The van der Waals surface area contributed by atoms with Gasteiger partial charge in [-0.05, 0) is 11.8 Å². The molecule has 0 aliphatic heterocycles. The fourth-order valence-corrected chi connectivity index (χ4v) is 2.15. The minimum absolute atomic E-state index is 0.122. The monoisotopic (exact) mass is 338 g/mol. The predicted octanol–water partition coefficient (Wildman–Crippen LogP) is 0.304. The molecule has 0 unspecified atom stereocenters. The molecule has 0 saturated heterocycles. The lowest BCUT2D eigenvalue weighted by Crippen LogP contribution is -2.45. The molecule has 8 nitrogen and oxygen atoms in total. The van der Waals surface area contributed by atoms with E-state index in [1.165, 1.54) is 0 Å². The number of carbonyl (C=O) groups excluding carboxylic acids is 2. The summed E-state index contributed by atoms with van der Waals surface area (Å²) in [6.07, 6.45) is 1.98. The summed E-state index contributed by atoms with van der Waals surface area (Å²) in [5.41, 5.74) is -0.244. The van der Waals surface area contributed by atoms with Crippen molar-refractivity contribution in [3.05, 3.63) is 23.5 Å². The normalized spacial score (nSPS) is 17.2.